The number of aliphatic hydroxyl groups is 2. The third-order valence-electron chi connectivity index (χ3n) is 13.6. The number of aliphatic hydroxyl groups excluding tert-OH is 2. The molecule has 0 fully saturated rings. The lowest BCUT2D eigenvalue weighted by Crippen LogP contribution is -2.30. The summed E-state index contributed by atoms with van der Waals surface area (Å²) in [5.41, 5.74) is 0. The summed E-state index contributed by atoms with van der Waals surface area (Å²) in [6.07, 6.45) is 77.8. The summed E-state index contributed by atoms with van der Waals surface area (Å²) in [6.45, 7) is 2.30. The van der Waals surface area contributed by atoms with Crippen LogP contribution in [0.3, 0.4) is 0 Å². The highest BCUT2D eigenvalue weighted by molar-refractivity contribution is 7.47. The van der Waals surface area contributed by atoms with Crippen LogP contribution in [0, 0.1) is 0 Å². The van der Waals surface area contributed by atoms with E-state index in [2.05, 4.69) is 148 Å². The zero-order valence-corrected chi connectivity index (χ0v) is 57.7. The van der Waals surface area contributed by atoms with Gasteiger partial charge in [0.1, 0.15) is 25.4 Å². The Bertz CT molecular complexity index is 2240. The average molecular weight is 1320 g/mol. The standard InChI is InChI=1S/C73H120O16P2/c1-4-7-10-13-16-19-22-24-26-28-30-31-32-33-34-35-37-39-40-42-45-47-50-53-56-59-71(76)83-62-68(74)63-85-90(79,80)86-64-69(75)65-87-91(81,82)88-67-70(89-73(78)61-58-55-52-49-44-21-18-15-12-9-6-3)66-84-72(77)60-57-54-51-48-46-43-41-38-36-29-27-25-23-20-17-14-11-8-5-2/h7-8,10-11,16-17,19-20,24-27,30-31,33-34,36-39,43,46,51,54,68-70,74-75H,4-6,9,12-15,18,21-23,28-29,32,35,40-42,44-45,47-50,52-53,55-67H2,1-3H3,(H,79,80)(H,81,82)/b10-7-,11-8-,19-16-,20-17-,26-24-,27-25-,31-30-,34-33-,38-36-,39-37-,46-43-,54-51-. The lowest BCUT2D eigenvalue weighted by molar-refractivity contribution is -0.161. The maximum atomic E-state index is 12.9. The number of allylic oxidation sites excluding steroid dienone is 24. The Morgan fingerprint density at radius 1 is 0.319 bits per heavy atom. The van der Waals surface area contributed by atoms with E-state index in [1.807, 2.05) is 18.2 Å². The highest BCUT2D eigenvalue weighted by Crippen LogP contribution is 2.45. The summed E-state index contributed by atoms with van der Waals surface area (Å²) in [5.74, 6) is -1.70. The number of phosphoric acid groups is 2. The summed E-state index contributed by atoms with van der Waals surface area (Å²) in [4.78, 5) is 58.2. The molecule has 0 aliphatic carbocycles. The predicted molar refractivity (Wildman–Crippen MR) is 371 cm³/mol. The van der Waals surface area contributed by atoms with Crippen LogP contribution in [0.4, 0.5) is 0 Å². The number of phosphoric ester groups is 2. The van der Waals surface area contributed by atoms with Crippen molar-refractivity contribution < 1.29 is 75.8 Å². The number of ether oxygens (including phenoxy) is 3. The van der Waals surface area contributed by atoms with Crippen LogP contribution in [-0.2, 0) is 55.8 Å². The minimum Gasteiger partial charge on any atom is -0.463 e. The van der Waals surface area contributed by atoms with Crippen LogP contribution in [0.5, 0.6) is 0 Å². The molecule has 18 heteroatoms. The van der Waals surface area contributed by atoms with Crippen molar-refractivity contribution in [3.8, 4) is 0 Å². The third-order valence-corrected chi connectivity index (χ3v) is 15.5. The largest absolute Gasteiger partial charge is 0.472 e. The maximum Gasteiger partial charge on any atom is 0.472 e. The second-order valence-corrected chi connectivity index (χ2v) is 25.1. The molecule has 0 radical (unpaired) electrons. The van der Waals surface area contributed by atoms with Gasteiger partial charge < -0.3 is 34.2 Å². The van der Waals surface area contributed by atoms with Gasteiger partial charge in [-0.15, -0.1) is 0 Å². The number of carbonyl (C=O) groups excluding carboxylic acids is 3. The lowest BCUT2D eigenvalue weighted by Gasteiger charge is -2.21. The van der Waals surface area contributed by atoms with E-state index in [1.54, 1.807) is 0 Å². The van der Waals surface area contributed by atoms with Gasteiger partial charge in [-0.2, -0.15) is 0 Å². The molecular formula is C73H120O16P2. The molecule has 0 saturated carbocycles. The smallest absolute Gasteiger partial charge is 0.463 e. The van der Waals surface area contributed by atoms with Gasteiger partial charge in [0.2, 0.25) is 0 Å². The van der Waals surface area contributed by atoms with Crippen molar-refractivity contribution in [3.63, 3.8) is 0 Å². The normalized spacial score (nSPS) is 15.1. The second kappa shape index (κ2) is 65.5. The van der Waals surface area contributed by atoms with Gasteiger partial charge >= 0.3 is 33.6 Å². The summed E-state index contributed by atoms with van der Waals surface area (Å²) in [6, 6.07) is 0. The first kappa shape index (κ1) is 86.4. The van der Waals surface area contributed by atoms with Gasteiger partial charge in [-0.25, -0.2) is 9.13 Å². The molecular weight excluding hydrogens is 1190 g/mol. The van der Waals surface area contributed by atoms with Gasteiger partial charge in [0, 0.05) is 19.3 Å². The van der Waals surface area contributed by atoms with E-state index in [9.17, 15) is 43.5 Å². The van der Waals surface area contributed by atoms with E-state index in [-0.39, 0.29) is 19.3 Å². The van der Waals surface area contributed by atoms with Gasteiger partial charge in [0.15, 0.2) is 6.10 Å². The monoisotopic (exact) mass is 1310 g/mol. The zero-order chi connectivity index (χ0) is 66.7. The summed E-state index contributed by atoms with van der Waals surface area (Å²) in [5, 5.41) is 20.5. The predicted octanol–water partition coefficient (Wildman–Crippen LogP) is 19.0. The number of hydrogen-bond acceptors (Lipinski definition) is 14. The molecule has 91 heavy (non-hydrogen) atoms. The van der Waals surface area contributed by atoms with Gasteiger partial charge in [-0.05, 0) is 109 Å². The van der Waals surface area contributed by atoms with Gasteiger partial charge in [0.25, 0.3) is 0 Å². The van der Waals surface area contributed by atoms with E-state index < -0.39 is 91.5 Å². The van der Waals surface area contributed by atoms with Crippen molar-refractivity contribution in [2.45, 2.75) is 257 Å². The second-order valence-electron chi connectivity index (χ2n) is 22.2. The summed E-state index contributed by atoms with van der Waals surface area (Å²) in [7, 11) is -9.80. The number of unbranched alkanes of at least 4 members (excludes halogenated alkanes) is 16. The minimum atomic E-state index is -4.94. The van der Waals surface area contributed by atoms with Crippen LogP contribution >= 0.6 is 15.6 Å². The molecule has 4 N–H and O–H groups in total. The number of carbonyl (C=O) groups is 3. The number of rotatable bonds is 63. The van der Waals surface area contributed by atoms with Crippen molar-refractivity contribution >= 4 is 33.6 Å². The van der Waals surface area contributed by atoms with E-state index in [1.165, 1.54) is 38.5 Å². The Morgan fingerprint density at radius 2 is 0.604 bits per heavy atom. The van der Waals surface area contributed by atoms with Crippen LogP contribution in [0.2, 0.25) is 0 Å². The molecule has 16 nitrogen and oxygen atoms in total. The average Bonchev–Trinajstić information content (AvgIpc) is 3.54. The molecule has 0 aliphatic heterocycles. The molecule has 0 saturated heterocycles. The molecule has 0 aromatic carbocycles. The molecule has 0 rings (SSSR count). The van der Waals surface area contributed by atoms with Crippen molar-refractivity contribution in [1.82, 2.24) is 0 Å². The van der Waals surface area contributed by atoms with Gasteiger partial charge in [-0.3, -0.25) is 32.5 Å². The van der Waals surface area contributed by atoms with E-state index in [0.717, 1.165) is 135 Å². The number of esters is 3. The van der Waals surface area contributed by atoms with E-state index in [4.69, 9.17) is 32.3 Å². The molecule has 0 bridgehead atoms. The van der Waals surface area contributed by atoms with Crippen LogP contribution < -0.4 is 0 Å². The Kier molecular flexibility index (Phi) is 62.2. The Labute approximate surface area is 549 Å². The van der Waals surface area contributed by atoms with Crippen molar-refractivity contribution in [3.05, 3.63) is 146 Å². The van der Waals surface area contributed by atoms with Crippen molar-refractivity contribution in [2.75, 3.05) is 39.6 Å². The molecule has 5 unspecified atom stereocenters. The Balaban J connectivity index is 4.62. The molecule has 5 atom stereocenters. The minimum absolute atomic E-state index is 0.0426. The first-order valence-electron chi connectivity index (χ1n) is 34.1. The summed E-state index contributed by atoms with van der Waals surface area (Å²) >= 11 is 0. The summed E-state index contributed by atoms with van der Waals surface area (Å²) < 4.78 is 60.7. The SMILES string of the molecule is CC/C=C\C/C=C\C/C=C\C/C=C\C/C=C\C/C=C\CCCCCCCCC(=O)OCC(O)COP(=O)(O)OCC(O)COP(=O)(O)OCC(COC(=O)CC/C=C\C/C=C\C/C=C\C/C=C\C/C=C\C/C=C\CC)OC(=O)CCCCCCCCCCCCC. The maximum absolute atomic E-state index is 12.9. The molecule has 518 valence electrons. The van der Waals surface area contributed by atoms with Gasteiger partial charge in [-0.1, -0.05) is 256 Å². The highest BCUT2D eigenvalue weighted by atomic mass is 31.2. The van der Waals surface area contributed by atoms with Crippen LogP contribution in [0.1, 0.15) is 239 Å². The highest BCUT2D eigenvalue weighted by Gasteiger charge is 2.29. The quantitative estimate of drug-likeness (QED) is 0.0146. The van der Waals surface area contributed by atoms with E-state index >= 15 is 0 Å². The fraction of sp³-hybridized carbons (Fsp3) is 0.630. The van der Waals surface area contributed by atoms with Crippen molar-refractivity contribution in [2.24, 2.45) is 0 Å². The lowest BCUT2D eigenvalue weighted by atomic mass is 10.1. The Morgan fingerprint density at radius 3 is 0.989 bits per heavy atom. The fourth-order valence-electron chi connectivity index (χ4n) is 8.42. The molecule has 0 heterocycles. The van der Waals surface area contributed by atoms with E-state index in [0.29, 0.717) is 25.7 Å². The van der Waals surface area contributed by atoms with Crippen LogP contribution in [-0.4, -0.2) is 95.9 Å². The van der Waals surface area contributed by atoms with Crippen LogP contribution in [0.15, 0.2) is 146 Å². The van der Waals surface area contributed by atoms with Crippen LogP contribution in [0.25, 0.3) is 0 Å². The Hall–Kier alpha value is -4.57. The molecule has 0 aliphatic rings. The molecule has 0 spiro atoms. The fourth-order valence-corrected chi connectivity index (χ4v) is 10.0. The third kappa shape index (κ3) is 66.7. The molecule has 0 amide bonds. The first-order valence-corrected chi connectivity index (χ1v) is 37.1. The van der Waals surface area contributed by atoms with Gasteiger partial charge in [0.05, 0.1) is 26.4 Å². The topological polar surface area (TPSA) is 231 Å². The molecule has 0 aromatic rings. The molecule has 0 aromatic heterocycles. The zero-order valence-electron chi connectivity index (χ0n) is 56.0. The number of hydrogen-bond donors (Lipinski definition) is 4. The first-order chi connectivity index (χ1) is 44.2. The van der Waals surface area contributed by atoms with Crippen molar-refractivity contribution in [1.29, 1.82) is 0 Å².